The Morgan fingerprint density at radius 2 is 2.08 bits per heavy atom. The van der Waals surface area contributed by atoms with Gasteiger partial charge in [-0.15, -0.1) is 10.2 Å². The van der Waals surface area contributed by atoms with Gasteiger partial charge in [0, 0.05) is 6.04 Å². The van der Waals surface area contributed by atoms with Gasteiger partial charge in [0.1, 0.15) is 5.82 Å². The van der Waals surface area contributed by atoms with Crippen molar-refractivity contribution in [2.45, 2.75) is 43.3 Å². The Kier molecular flexibility index (Phi) is 5.67. The zero-order valence-corrected chi connectivity index (χ0v) is 16.4. The fraction of sp³-hybridized carbons (Fsp3) is 0.471. The lowest BCUT2D eigenvalue weighted by molar-refractivity contribution is -0.120. The first-order valence-electron chi connectivity index (χ1n) is 8.45. The maximum absolute atomic E-state index is 12.4. The van der Waals surface area contributed by atoms with Crippen LogP contribution in [0.3, 0.4) is 0 Å². The van der Waals surface area contributed by atoms with Crippen LogP contribution in [0.4, 0.5) is 0 Å². The van der Waals surface area contributed by atoms with Crippen molar-refractivity contribution < 1.29 is 13.2 Å². The third-order valence-electron chi connectivity index (χ3n) is 4.32. The number of hydrogen-bond donors (Lipinski definition) is 1. The van der Waals surface area contributed by atoms with E-state index in [2.05, 4.69) is 15.5 Å². The van der Waals surface area contributed by atoms with E-state index < -0.39 is 15.1 Å². The lowest BCUT2D eigenvalue weighted by Gasteiger charge is -2.16. The van der Waals surface area contributed by atoms with Crippen molar-refractivity contribution in [3.05, 3.63) is 41.7 Å². The summed E-state index contributed by atoms with van der Waals surface area (Å²) in [6.45, 7) is 4.31. The number of nitrogens with zero attached hydrogens (tertiary/aromatic N) is 3. The number of nitrogens with one attached hydrogen (secondary N) is 1. The lowest BCUT2D eigenvalue weighted by Crippen LogP contribution is -2.40. The number of aromatic nitrogens is 3. The van der Waals surface area contributed by atoms with Gasteiger partial charge in [-0.1, -0.05) is 42.1 Å². The van der Waals surface area contributed by atoms with E-state index in [9.17, 15) is 13.2 Å². The van der Waals surface area contributed by atoms with Gasteiger partial charge in [0.05, 0.1) is 23.3 Å². The summed E-state index contributed by atoms with van der Waals surface area (Å²) in [6, 6.07) is 9.70. The van der Waals surface area contributed by atoms with Crippen LogP contribution < -0.4 is 5.32 Å². The predicted molar refractivity (Wildman–Crippen MR) is 101 cm³/mol. The van der Waals surface area contributed by atoms with Crippen molar-refractivity contribution in [2.75, 3.05) is 11.5 Å². The van der Waals surface area contributed by atoms with E-state index in [1.807, 2.05) is 41.8 Å². The molecule has 26 heavy (non-hydrogen) atoms. The molecule has 0 aliphatic carbocycles. The van der Waals surface area contributed by atoms with Gasteiger partial charge in [-0.2, -0.15) is 0 Å². The summed E-state index contributed by atoms with van der Waals surface area (Å²) in [4.78, 5) is 12.4. The third-order valence-corrected chi connectivity index (χ3v) is 7.16. The highest BCUT2D eigenvalue weighted by molar-refractivity contribution is 8.00. The molecular weight excluding hydrogens is 372 g/mol. The van der Waals surface area contributed by atoms with Gasteiger partial charge in [0.25, 0.3) is 0 Å². The molecule has 1 amide bonds. The largest absolute Gasteiger partial charge is 0.351 e. The molecule has 2 heterocycles. The molecule has 140 valence electrons. The molecule has 1 aliphatic heterocycles. The van der Waals surface area contributed by atoms with Crippen molar-refractivity contribution >= 4 is 27.5 Å². The number of amides is 1. The first-order valence-corrected chi connectivity index (χ1v) is 11.2. The Bertz CT molecular complexity index is 881. The van der Waals surface area contributed by atoms with Crippen molar-refractivity contribution in [1.82, 2.24) is 20.1 Å². The maximum Gasteiger partial charge on any atom is 0.233 e. The molecule has 0 bridgehead atoms. The Hall–Kier alpha value is -1.87. The van der Waals surface area contributed by atoms with Crippen LogP contribution >= 0.6 is 11.8 Å². The fourth-order valence-corrected chi connectivity index (χ4v) is 5.41. The quantitative estimate of drug-likeness (QED) is 0.745. The highest BCUT2D eigenvalue weighted by Crippen LogP contribution is 2.24. The van der Waals surface area contributed by atoms with E-state index in [1.54, 1.807) is 6.92 Å². The Morgan fingerprint density at radius 1 is 1.35 bits per heavy atom. The molecule has 0 radical (unpaired) electrons. The second kappa shape index (κ2) is 7.79. The molecule has 0 unspecified atom stereocenters. The van der Waals surface area contributed by atoms with E-state index in [0.717, 1.165) is 11.4 Å². The van der Waals surface area contributed by atoms with E-state index in [-0.39, 0.29) is 23.5 Å². The van der Waals surface area contributed by atoms with E-state index in [0.29, 0.717) is 18.1 Å². The smallest absolute Gasteiger partial charge is 0.233 e. The van der Waals surface area contributed by atoms with Crippen LogP contribution in [-0.4, -0.2) is 51.9 Å². The van der Waals surface area contributed by atoms with Gasteiger partial charge < -0.3 is 9.88 Å². The van der Waals surface area contributed by atoms with Gasteiger partial charge in [-0.3, -0.25) is 4.79 Å². The van der Waals surface area contributed by atoms with Gasteiger partial charge in [0.2, 0.25) is 5.91 Å². The summed E-state index contributed by atoms with van der Waals surface area (Å²) in [5.41, 5.74) is 1.13. The van der Waals surface area contributed by atoms with Gasteiger partial charge in [0.15, 0.2) is 15.0 Å². The Labute approximate surface area is 157 Å². The zero-order chi connectivity index (χ0) is 18.7. The van der Waals surface area contributed by atoms with Gasteiger partial charge in [-0.05, 0) is 25.8 Å². The standard InChI is InChI=1S/C17H22N4O3S2/c1-12(16(22)18-15-8-9-26(23,24)11-15)25-17-20-19-13(2)21(17)10-14-6-4-3-5-7-14/h3-7,12,15H,8-11H2,1-2H3,(H,18,22)/t12-,15-/m0/s1. The normalized spacial score (nSPS) is 20.0. The first kappa shape index (κ1) is 18.9. The molecule has 1 fully saturated rings. The highest BCUT2D eigenvalue weighted by Gasteiger charge is 2.30. The minimum absolute atomic E-state index is 0.0272. The second-order valence-electron chi connectivity index (χ2n) is 6.47. The molecular formula is C17H22N4O3S2. The van der Waals surface area contributed by atoms with Crippen LogP contribution in [-0.2, 0) is 21.2 Å². The van der Waals surface area contributed by atoms with E-state index >= 15 is 0 Å². The number of thioether (sulfide) groups is 1. The van der Waals surface area contributed by atoms with Crippen molar-refractivity contribution in [3.8, 4) is 0 Å². The van der Waals surface area contributed by atoms with Crippen LogP contribution in [0.15, 0.2) is 35.5 Å². The molecule has 1 N–H and O–H groups in total. The molecule has 7 nitrogen and oxygen atoms in total. The molecule has 1 saturated heterocycles. The number of benzene rings is 1. The van der Waals surface area contributed by atoms with Crippen LogP contribution in [0.1, 0.15) is 24.7 Å². The van der Waals surface area contributed by atoms with Crippen molar-refractivity contribution in [3.63, 3.8) is 0 Å². The SMILES string of the molecule is Cc1nnc(S[C@@H](C)C(=O)N[C@H]2CCS(=O)(=O)C2)n1Cc1ccccc1. The summed E-state index contributed by atoms with van der Waals surface area (Å²) in [6.07, 6.45) is 0.481. The molecule has 1 aromatic heterocycles. The topological polar surface area (TPSA) is 94.0 Å². The molecule has 0 spiro atoms. The van der Waals surface area contributed by atoms with Gasteiger partial charge >= 0.3 is 0 Å². The summed E-state index contributed by atoms with van der Waals surface area (Å²) >= 11 is 1.33. The maximum atomic E-state index is 12.4. The molecule has 2 atom stereocenters. The van der Waals surface area contributed by atoms with Crippen molar-refractivity contribution in [1.29, 1.82) is 0 Å². The second-order valence-corrected chi connectivity index (χ2v) is 10.0. The number of aryl methyl sites for hydroxylation is 1. The first-order chi connectivity index (χ1) is 12.3. The summed E-state index contributed by atoms with van der Waals surface area (Å²) in [5, 5.41) is 11.4. The van der Waals surface area contributed by atoms with E-state index in [1.165, 1.54) is 11.8 Å². The molecule has 9 heteroatoms. The number of hydrogen-bond acceptors (Lipinski definition) is 6. The average molecular weight is 395 g/mol. The van der Waals surface area contributed by atoms with Crippen LogP contribution in [0.5, 0.6) is 0 Å². The van der Waals surface area contributed by atoms with E-state index in [4.69, 9.17) is 0 Å². The number of rotatable bonds is 6. The molecule has 0 saturated carbocycles. The summed E-state index contributed by atoms with van der Waals surface area (Å²) in [5.74, 6) is 0.776. The van der Waals surface area contributed by atoms with Crippen LogP contribution in [0, 0.1) is 6.92 Å². The molecule has 1 aliphatic rings. The Morgan fingerprint density at radius 3 is 2.73 bits per heavy atom. The average Bonchev–Trinajstić information content (AvgIpc) is 3.11. The van der Waals surface area contributed by atoms with Gasteiger partial charge in [-0.25, -0.2) is 8.42 Å². The molecule has 3 rings (SSSR count). The number of carbonyl (C=O) groups excluding carboxylic acids is 1. The lowest BCUT2D eigenvalue weighted by atomic mass is 10.2. The zero-order valence-electron chi connectivity index (χ0n) is 14.8. The minimum Gasteiger partial charge on any atom is -0.351 e. The number of sulfone groups is 1. The molecule has 1 aromatic carbocycles. The van der Waals surface area contributed by atoms with Crippen molar-refractivity contribution in [2.24, 2.45) is 0 Å². The molecule has 2 aromatic rings. The van der Waals surface area contributed by atoms with Crippen LogP contribution in [0.25, 0.3) is 0 Å². The summed E-state index contributed by atoms with van der Waals surface area (Å²) < 4.78 is 25.0. The third kappa shape index (κ3) is 4.64. The number of carbonyl (C=O) groups is 1. The highest BCUT2D eigenvalue weighted by atomic mass is 32.2. The predicted octanol–water partition coefficient (Wildman–Crippen LogP) is 1.42. The van der Waals surface area contributed by atoms with Crippen LogP contribution in [0.2, 0.25) is 0 Å². The monoisotopic (exact) mass is 394 g/mol. The Balaban J connectivity index is 1.64. The fourth-order valence-electron chi connectivity index (χ4n) is 2.84. The minimum atomic E-state index is -3.01. The summed E-state index contributed by atoms with van der Waals surface area (Å²) in [7, 11) is -3.01.